The Morgan fingerprint density at radius 1 is 1.75 bits per heavy atom. The number of nitrogens with one attached hydrogen (secondary N) is 1. The number of hydrogen-bond acceptors (Lipinski definition) is 7. The fourth-order valence-corrected chi connectivity index (χ4v) is 1.76. The number of anilines is 2. The summed E-state index contributed by atoms with van der Waals surface area (Å²) in [5.41, 5.74) is 5.83. The van der Waals surface area contributed by atoms with Gasteiger partial charge in [0.15, 0.2) is 5.82 Å². The van der Waals surface area contributed by atoms with Gasteiger partial charge in [-0.3, -0.25) is 0 Å². The number of esters is 1. The number of rotatable bonds is 5. The summed E-state index contributed by atoms with van der Waals surface area (Å²) in [5, 5.41) is 12.5. The Labute approximate surface area is 97.6 Å². The molecular weight excluding hydrogens is 230 g/mol. The second kappa shape index (κ2) is 5.66. The Morgan fingerprint density at radius 2 is 2.44 bits per heavy atom. The summed E-state index contributed by atoms with van der Waals surface area (Å²) in [7, 11) is 1.29. The molecule has 0 aliphatic rings. The minimum Gasteiger partial charge on any atom is -0.465 e. The number of carbonyl (C=O) groups excluding carboxylic acids is 1. The number of nitrogen functional groups attached to an aromatic ring is 1. The maximum absolute atomic E-state index is 11.4. The fourth-order valence-electron chi connectivity index (χ4n) is 1.05. The Morgan fingerprint density at radius 3 is 3.00 bits per heavy atom. The molecule has 1 aromatic rings. The van der Waals surface area contributed by atoms with E-state index in [1.807, 2.05) is 6.92 Å². The van der Waals surface area contributed by atoms with Gasteiger partial charge < -0.3 is 20.9 Å². The molecule has 6 nitrogen and oxygen atoms in total. The van der Waals surface area contributed by atoms with E-state index in [0.29, 0.717) is 11.5 Å². The molecule has 7 heteroatoms. The van der Waals surface area contributed by atoms with Gasteiger partial charge in [-0.2, -0.15) is 4.37 Å². The van der Waals surface area contributed by atoms with Gasteiger partial charge in [0.05, 0.1) is 7.11 Å². The molecule has 0 fully saturated rings. The molecule has 0 spiro atoms. The highest BCUT2D eigenvalue weighted by atomic mass is 32.1. The van der Waals surface area contributed by atoms with Crippen molar-refractivity contribution in [3.63, 3.8) is 0 Å². The molecule has 0 saturated heterocycles. The van der Waals surface area contributed by atoms with E-state index in [0.717, 1.165) is 11.5 Å². The van der Waals surface area contributed by atoms with Crippen LogP contribution in [0.1, 0.15) is 17.3 Å². The Balaban J connectivity index is 2.76. The number of nitrogens with zero attached hydrogens (tertiary/aromatic N) is 1. The van der Waals surface area contributed by atoms with Crippen LogP contribution in [0.5, 0.6) is 0 Å². The van der Waals surface area contributed by atoms with Gasteiger partial charge in [-0.05, 0) is 17.5 Å². The van der Waals surface area contributed by atoms with Crippen LogP contribution >= 0.6 is 11.5 Å². The van der Waals surface area contributed by atoms with Gasteiger partial charge in [-0.25, -0.2) is 4.79 Å². The summed E-state index contributed by atoms with van der Waals surface area (Å²) < 4.78 is 8.49. The van der Waals surface area contributed by atoms with Crippen molar-refractivity contribution in [1.29, 1.82) is 0 Å². The fraction of sp³-hybridized carbons (Fsp3) is 0.556. The van der Waals surface area contributed by atoms with E-state index in [4.69, 9.17) is 10.8 Å². The SMILES string of the molecule is COC(=O)c1c(N)nsc1NCC(C)CO. The molecule has 0 saturated carbocycles. The van der Waals surface area contributed by atoms with Gasteiger partial charge in [0, 0.05) is 13.2 Å². The zero-order valence-corrected chi connectivity index (χ0v) is 10.0. The molecule has 0 aliphatic carbocycles. The van der Waals surface area contributed by atoms with Crippen molar-refractivity contribution in [2.24, 2.45) is 5.92 Å². The zero-order valence-electron chi connectivity index (χ0n) is 9.19. The van der Waals surface area contributed by atoms with Gasteiger partial charge in [-0.1, -0.05) is 6.92 Å². The topological polar surface area (TPSA) is 97.5 Å². The quantitative estimate of drug-likeness (QED) is 0.655. The first-order chi connectivity index (χ1) is 7.60. The summed E-state index contributed by atoms with van der Waals surface area (Å²) in [6, 6.07) is 0. The lowest BCUT2D eigenvalue weighted by Crippen LogP contribution is -2.16. The molecule has 0 amide bonds. The second-order valence-corrected chi connectivity index (χ2v) is 4.21. The van der Waals surface area contributed by atoms with Crippen LogP contribution in [-0.4, -0.2) is 35.7 Å². The predicted octanol–water partition coefficient (Wildman–Crippen LogP) is 0.552. The van der Waals surface area contributed by atoms with Crippen LogP contribution < -0.4 is 11.1 Å². The highest BCUT2D eigenvalue weighted by Gasteiger charge is 2.19. The smallest absolute Gasteiger partial charge is 0.344 e. The summed E-state index contributed by atoms with van der Waals surface area (Å²) in [6.45, 7) is 2.51. The van der Waals surface area contributed by atoms with Crippen molar-refractivity contribution in [2.75, 3.05) is 31.3 Å². The largest absolute Gasteiger partial charge is 0.465 e. The summed E-state index contributed by atoms with van der Waals surface area (Å²) in [4.78, 5) is 11.4. The minimum atomic E-state index is -0.509. The summed E-state index contributed by atoms with van der Waals surface area (Å²) >= 11 is 1.10. The van der Waals surface area contributed by atoms with E-state index in [1.54, 1.807) is 0 Å². The lowest BCUT2D eigenvalue weighted by molar-refractivity contribution is 0.0603. The normalized spacial score (nSPS) is 12.2. The van der Waals surface area contributed by atoms with Crippen LogP contribution in [0.2, 0.25) is 0 Å². The first-order valence-corrected chi connectivity index (χ1v) is 5.55. The highest BCUT2D eigenvalue weighted by molar-refractivity contribution is 7.11. The molecule has 4 N–H and O–H groups in total. The van der Waals surface area contributed by atoms with Crippen molar-refractivity contribution >= 4 is 28.3 Å². The van der Waals surface area contributed by atoms with E-state index in [9.17, 15) is 4.79 Å². The first-order valence-electron chi connectivity index (χ1n) is 4.78. The molecule has 1 heterocycles. The average molecular weight is 245 g/mol. The predicted molar refractivity (Wildman–Crippen MR) is 62.6 cm³/mol. The Kier molecular flexibility index (Phi) is 4.51. The average Bonchev–Trinajstić information content (AvgIpc) is 2.66. The van der Waals surface area contributed by atoms with Crippen molar-refractivity contribution < 1.29 is 14.6 Å². The van der Waals surface area contributed by atoms with E-state index in [2.05, 4.69) is 14.4 Å². The molecular formula is C9H15N3O3S. The standard InChI is InChI=1S/C9H15N3O3S/c1-5(4-13)3-11-8-6(9(14)15-2)7(10)12-16-8/h5,11,13H,3-4H2,1-2H3,(H2,10,12). The molecule has 16 heavy (non-hydrogen) atoms. The third kappa shape index (κ3) is 2.83. The Hall–Kier alpha value is -1.34. The van der Waals surface area contributed by atoms with Gasteiger partial charge in [0.25, 0.3) is 0 Å². The molecule has 1 atom stereocenters. The van der Waals surface area contributed by atoms with Crippen LogP contribution in [0.25, 0.3) is 0 Å². The van der Waals surface area contributed by atoms with Crippen molar-refractivity contribution in [3.8, 4) is 0 Å². The first kappa shape index (κ1) is 12.7. The van der Waals surface area contributed by atoms with Gasteiger partial charge >= 0.3 is 5.97 Å². The minimum absolute atomic E-state index is 0.0782. The monoisotopic (exact) mass is 245 g/mol. The zero-order chi connectivity index (χ0) is 12.1. The molecule has 1 unspecified atom stereocenters. The third-order valence-corrected chi connectivity index (χ3v) is 2.85. The van der Waals surface area contributed by atoms with E-state index < -0.39 is 5.97 Å². The Bertz CT molecular complexity index is 367. The number of methoxy groups -OCH3 is 1. The van der Waals surface area contributed by atoms with Crippen LogP contribution in [-0.2, 0) is 4.74 Å². The second-order valence-electron chi connectivity index (χ2n) is 3.43. The number of carbonyl (C=O) groups is 1. The lowest BCUT2D eigenvalue weighted by atomic mass is 10.2. The van der Waals surface area contributed by atoms with Gasteiger partial charge in [0.1, 0.15) is 10.6 Å². The summed E-state index contributed by atoms with van der Waals surface area (Å²) in [5.74, 6) is -0.254. The van der Waals surface area contributed by atoms with E-state index >= 15 is 0 Å². The number of nitrogens with two attached hydrogens (primary N) is 1. The number of hydrogen-bond donors (Lipinski definition) is 3. The molecule has 1 rings (SSSR count). The van der Waals surface area contributed by atoms with Crippen LogP contribution in [0, 0.1) is 5.92 Å². The molecule has 0 aliphatic heterocycles. The van der Waals surface area contributed by atoms with Crippen LogP contribution in [0.3, 0.4) is 0 Å². The number of ether oxygens (including phenoxy) is 1. The number of aliphatic hydroxyl groups excluding tert-OH is 1. The van der Waals surface area contributed by atoms with Gasteiger partial charge in [-0.15, -0.1) is 0 Å². The summed E-state index contributed by atoms with van der Waals surface area (Å²) in [6.07, 6.45) is 0. The van der Waals surface area contributed by atoms with E-state index in [-0.39, 0.29) is 23.9 Å². The molecule has 1 aromatic heterocycles. The van der Waals surface area contributed by atoms with Crippen LogP contribution in [0.4, 0.5) is 10.8 Å². The maximum Gasteiger partial charge on any atom is 0.344 e. The molecule has 0 bridgehead atoms. The van der Waals surface area contributed by atoms with Crippen molar-refractivity contribution in [1.82, 2.24) is 4.37 Å². The third-order valence-electron chi connectivity index (χ3n) is 2.03. The van der Waals surface area contributed by atoms with E-state index in [1.165, 1.54) is 7.11 Å². The lowest BCUT2D eigenvalue weighted by Gasteiger charge is -2.09. The maximum atomic E-state index is 11.4. The molecule has 90 valence electrons. The van der Waals surface area contributed by atoms with Crippen molar-refractivity contribution in [2.45, 2.75) is 6.92 Å². The molecule has 0 radical (unpaired) electrons. The number of aromatic nitrogens is 1. The van der Waals surface area contributed by atoms with Crippen molar-refractivity contribution in [3.05, 3.63) is 5.56 Å². The highest BCUT2D eigenvalue weighted by Crippen LogP contribution is 2.27. The number of aliphatic hydroxyl groups is 1. The van der Waals surface area contributed by atoms with Crippen LogP contribution in [0.15, 0.2) is 0 Å². The molecule has 0 aromatic carbocycles. The van der Waals surface area contributed by atoms with Gasteiger partial charge in [0.2, 0.25) is 0 Å².